The van der Waals surface area contributed by atoms with Crippen molar-refractivity contribution in [1.82, 2.24) is 4.90 Å². The molecule has 3 rings (SSSR count). The van der Waals surface area contributed by atoms with Gasteiger partial charge in [-0.1, -0.05) is 12.1 Å². The molecule has 2 heterocycles. The monoisotopic (exact) mass is 369 g/mol. The number of likely N-dealkylation sites (N-methyl/N-ethyl adjacent to an activating group) is 1. The summed E-state index contributed by atoms with van der Waals surface area (Å²) in [7, 11) is 1.88. The molecule has 0 bridgehead atoms. The fraction of sp³-hybridized carbons (Fsp3) is 0.444. The SMILES string of the molecule is CN1CC2OC(=O)C[C@@H]2[C@H]1/C=C/C(=O)COc1cccc(C(F)(F)F)c1. The van der Waals surface area contributed by atoms with Crippen LogP contribution < -0.4 is 4.74 Å². The standard InChI is InChI=1S/C18H18F3NO4/c1-22-9-16-14(8-17(24)26-16)15(22)6-5-12(23)10-25-13-4-2-3-11(7-13)18(19,20)21/h2-7,14-16H,8-10H2,1H3/b6-5+/t14-,15-,16?/m1/s1. The minimum Gasteiger partial charge on any atom is -0.485 e. The first-order valence-electron chi connectivity index (χ1n) is 8.15. The van der Waals surface area contributed by atoms with Crippen LogP contribution in [0.15, 0.2) is 36.4 Å². The molecule has 1 aromatic rings. The van der Waals surface area contributed by atoms with Crippen LogP contribution in [0, 0.1) is 5.92 Å². The zero-order valence-corrected chi connectivity index (χ0v) is 14.0. The van der Waals surface area contributed by atoms with E-state index in [-0.39, 0.29) is 42.2 Å². The maximum absolute atomic E-state index is 12.7. The van der Waals surface area contributed by atoms with Gasteiger partial charge in [0.25, 0.3) is 0 Å². The Balaban J connectivity index is 1.56. The Labute approximate surface area is 148 Å². The molecule has 0 aliphatic carbocycles. The van der Waals surface area contributed by atoms with E-state index in [0.29, 0.717) is 13.0 Å². The number of fused-ring (bicyclic) bond motifs is 1. The van der Waals surface area contributed by atoms with Crippen LogP contribution in [0.2, 0.25) is 0 Å². The summed E-state index contributed by atoms with van der Waals surface area (Å²) in [5.74, 6) is -0.606. The first-order chi connectivity index (χ1) is 12.2. The molecule has 140 valence electrons. The van der Waals surface area contributed by atoms with Gasteiger partial charge in [0.2, 0.25) is 0 Å². The van der Waals surface area contributed by atoms with Gasteiger partial charge in [0.05, 0.1) is 12.0 Å². The number of benzene rings is 1. The van der Waals surface area contributed by atoms with E-state index < -0.39 is 11.7 Å². The first kappa shape index (κ1) is 18.4. The number of alkyl halides is 3. The summed E-state index contributed by atoms with van der Waals surface area (Å²) in [6.45, 7) is 0.248. The molecule has 3 atom stereocenters. The van der Waals surface area contributed by atoms with Crippen molar-refractivity contribution in [2.75, 3.05) is 20.2 Å². The van der Waals surface area contributed by atoms with Crippen molar-refractivity contribution in [3.05, 3.63) is 42.0 Å². The number of halogens is 3. The highest BCUT2D eigenvalue weighted by molar-refractivity contribution is 5.91. The Morgan fingerprint density at radius 2 is 2.19 bits per heavy atom. The zero-order valence-electron chi connectivity index (χ0n) is 14.0. The van der Waals surface area contributed by atoms with Gasteiger partial charge in [0.15, 0.2) is 12.4 Å². The molecule has 0 spiro atoms. The quantitative estimate of drug-likeness (QED) is 0.590. The van der Waals surface area contributed by atoms with Crippen LogP contribution in [-0.2, 0) is 20.5 Å². The molecule has 5 nitrogen and oxygen atoms in total. The van der Waals surface area contributed by atoms with Crippen LogP contribution in [-0.4, -0.2) is 49.0 Å². The third-order valence-corrected chi connectivity index (χ3v) is 4.60. The number of ether oxygens (including phenoxy) is 2. The van der Waals surface area contributed by atoms with E-state index in [2.05, 4.69) is 0 Å². The van der Waals surface area contributed by atoms with Crippen molar-refractivity contribution in [3.63, 3.8) is 0 Å². The summed E-state index contributed by atoms with van der Waals surface area (Å²) >= 11 is 0. The van der Waals surface area contributed by atoms with E-state index in [4.69, 9.17) is 9.47 Å². The molecule has 0 saturated carbocycles. The number of carbonyl (C=O) groups is 2. The van der Waals surface area contributed by atoms with Crippen LogP contribution in [0.3, 0.4) is 0 Å². The van der Waals surface area contributed by atoms with Crippen molar-refractivity contribution in [2.24, 2.45) is 5.92 Å². The van der Waals surface area contributed by atoms with Crippen LogP contribution in [0.1, 0.15) is 12.0 Å². The molecule has 2 aliphatic rings. The topological polar surface area (TPSA) is 55.8 Å². The Morgan fingerprint density at radius 1 is 1.42 bits per heavy atom. The van der Waals surface area contributed by atoms with Crippen molar-refractivity contribution in [3.8, 4) is 5.75 Å². The average Bonchev–Trinajstić information content (AvgIpc) is 3.05. The lowest BCUT2D eigenvalue weighted by Gasteiger charge is -2.18. The highest BCUT2D eigenvalue weighted by atomic mass is 19.4. The highest BCUT2D eigenvalue weighted by Crippen LogP contribution is 2.35. The van der Waals surface area contributed by atoms with Gasteiger partial charge in [-0.3, -0.25) is 14.5 Å². The molecular weight excluding hydrogens is 351 g/mol. The van der Waals surface area contributed by atoms with Gasteiger partial charge in [0.1, 0.15) is 11.9 Å². The average molecular weight is 369 g/mol. The Kier molecular flexibility index (Phi) is 5.04. The van der Waals surface area contributed by atoms with Crippen LogP contribution in [0.25, 0.3) is 0 Å². The predicted molar refractivity (Wildman–Crippen MR) is 85.5 cm³/mol. The van der Waals surface area contributed by atoms with E-state index in [9.17, 15) is 22.8 Å². The molecule has 2 saturated heterocycles. The molecule has 2 aliphatic heterocycles. The Morgan fingerprint density at radius 3 is 2.92 bits per heavy atom. The smallest absolute Gasteiger partial charge is 0.416 e. The van der Waals surface area contributed by atoms with Gasteiger partial charge < -0.3 is 9.47 Å². The second kappa shape index (κ2) is 7.11. The Hall–Kier alpha value is -2.35. The van der Waals surface area contributed by atoms with Gasteiger partial charge >= 0.3 is 12.1 Å². The van der Waals surface area contributed by atoms with Gasteiger partial charge in [-0.05, 0) is 31.3 Å². The van der Waals surface area contributed by atoms with E-state index in [1.54, 1.807) is 6.08 Å². The highest BCUT2D eigenvalue weighted by Gasteiger charge is 2.46. The van der Waals surface area contributed by atoms with Gasteiger partial charge in [0, 0.05) is 18.5 Å². The van der Waals surface area contributed by atoms with Crippen molar-refractivity contribution >= 4 is 11.8 Å². The summed E-state index contributed by atoms with van der Waals surface area (Å²) in [4.78, 5) is 25.3. The summed E-state index contributed by atoms with van der Waals surface area (Å²) < 4.78 is 48.4. The summed E-state index contributed by atoms with van der Waals surface area (Å²) in [5, 5.41) is 0. The summed E-state index contributed by atoms with van der Waals surface area (Å²) in [6.07, 6.45) is -1.25. The summed E-state index contributed by atoms with van der Waals surface area (Å²) in [5.41, 5.74) is -0.831. The fourth-order valence-corrected chi connectivity index (χ4v) is 3.33. The second-order valence-corrected chi connectivity index (χ2v) is 6.47. The van der Waals surface area contributed by atoms with Crippen molar-refractivity contribution in [2.45, 2.75) is 24.7 Å². The number of carbonyl (C=O) groups excluding carboxylic acids is 2. The molecule has 0 N–H and O–H groups in total. The summed E-state index contributed by atoms with van der Waals surface area (Å²) in [6, 6.07) is 4.29. The maximum Gasteiger partial charge on any atom is 0.416 e. The largest absolute Gasteiger partial charge is 0.485 e. The normalized spacial score (nSPS) is 26.2. The molecule has 0 amide bonds. The van der Waals surface area contributed by atoms with Crippen LogP contribution in [0.5, 0.6) is 5.75 Å². The molecule has 2 fully saturated rings. The van der Waals surface area contributed by atoms with E-state index in [0.717, 1.165) is 12.1 Å². The van der Waals surface area contributed by atoms with Crippen LogP contribution >= 0.6 is 0 Å². The van der Waals surface area contributed by atoms with Gasteiger partial charge in [-0.15, -0.1) is 0 Å². The second-order valence-electron chi connectivity index (χ2n) is 6.47. The molecule has 1 aromatic carbocycles. The maximum atomic E-state index is 12.7. The lowest BCUT2D eigenvalue weighted by Crippen LogP contribution is -2.28. The van der Waals surface area contributed by atoms with Crippen LogP contribution in [0.4, 0.5) is 13.2 Å². The number of hydrogen-bond acceptors (Lipinski definition) is 5. The fourth-order valence-electron chi connectivity index (χ4n) is 3.33. The molecule has 0 radical (unpaired) electrons. The zero-order chi connectivity index (χ0) is 18.9. The molecule has 8 heteroatoms. The molecule has 26 heavy (non-hydrogen) atoms. The number of nitrogens with zero attached hydrogens (tertiary/aromatic N) is 1. The van der Waals surface area contributed by atoms with Gasteiger partial charge in [-0.25, -0.2) is 0 Å². The molecular formula is C18H18F3NO4. The first-order valence-corrected chi connectivity index (χ1v) is 8.15. The Bertz CT molecular complexity index is 731. The van der Waals surface area contributed by atoms with E-state index >= 15 is 0 Å². The van der Waals surface area contributed by atoms with Crippen molar-refractivity contribution < 1.29 is 32.2 Å². The molecule has 0 aromatic heterocycles. The minimum atomic E-state index is -4.46. The molecule has 1 unspecified atom stereocenters. The number of rotatable bonds is 5. The number of esters is 1. The van der Waals surface area contributed by atoms with Gasteiger partial charge in [-0.2, -0.15) is 13.2 Å². The van der Waals surface area contributed by atoms with E-state index in [1.165, 1.54) is 18.2 Å². The number of likely N-dealkylation sites (tertiary alicyclic amines) is 1. The van der Waals surface area contributed by atoms with Crippen molar-refractivity contribution in [1.29, 1.82) is 0 Å². The lowest BCUT2D eigenvalue weighted by molar-refractivity contribution is -0.141. The lowest BCUT2D eigenvalue weighted by atomic mass is 9.96. The number of ketones is 1. The predicted octanol–water partition coefficient (Wildman–Crippen LogP) is 2.46. The number of hydrogen-bond donors (Lipinski definition) is 0. The third kappa shape index (κ3) is 4.07. The van der Waals surface area contributed by atoms with E-state index in [1.807, 2.05) is 11.9 Å². The third-order valence-electron chi connectivity index (χ3n) is 4.60. The minimum absolute atomic E-state index is 0.0148.